The minimum absolute atomic E-state index is 0.201. The van der Waals surface area contributed by atoms with Crippen molar-refractivity contribution in [3.05, 3.63) is 66.4 Å². The molecule has 1 aromatic heterocycles. The van der Waals surface area contributed by atoms with E-state index in [1.807, 2.05) is 36.4 Å². The van der Waals surface area contributed by atoms with Gasteiger partial charge in [-0.1, -0.05) is 6.07 Å². The number of amides is 1. The number of benzene rings is 2. The van der Waals surface area contributed by atoms with E-state index in [1.165, 1.54) is 10.4 Å². The first kappa shape index (κ1) is 22.1. The number of rotatable bonds is 8. The Balaban J connectivity index is 1.35. The first-order valence-electron chi connectivity index (χ1n) is 10.6. The summed E-state index contributed by atoms with van der Waals surface area (Å²) in [5, 5.41) is 2.79. The van der Waals surface area contributed by atoms with Gasteiger partial charge in [0.25, 0.3) is 0 Å². The molecule has 2 heterocycles. The summed E-state index contributed by atoms with van der Waals surface area (Å²) in [6.45, 7) is 1.08. The summed E-state index contributed by atoms with van der Waals surface area (Å²) in [6, 6.07) is 17.7. The lowest BCUT2D eigenvalue weighted by Gasteiger charge is -2.16. The molecule has 1 saturated heterocycles. The average Bonchev–Trinajstić information content (AvgIpc) is 3.51. The van der Waals surface area contributed by atoms with E-state index < -0.39 is 10.0 Å². The molecule has 3 aromatic rings. The van der Waals surface area contributed by atoms with Crippen LogP contribution in [-0.4, -0.2) is 38.8 Å². The normalized spacial score (nSPS) is 14.4. The molecule has 1 amide bonds. The second kappa shape index (κ2) is 9.58. The first-order chi connectivity index (χ1) is 15.5. The van der Waals surface area contributed by atoms with E-state index in [0.29, 0.717) is 31.0 Å². The Labute approximate surface area is 188 Å². The lowest BCUT2D eigenvalue weighted by molar-refractivity contribution is -0.116. The van der Waals surface area contributed by atoms with Crippen LogP contribution in [0.2, 0.25) is 0 Å². The minimum atomic E-state index is -3.52. The SMILES string of the molecule is COc1ccc(-c2ccc(CCC(=O)Nc3cccc(S(=O)(=O)N4CCCC4)c3)o2)cc1. The van der Waals surface area contributed by atoms with Gasteiger partial charge >= 0.3 is 0 Å². The molecular formula is C24H26N2O5S. The van der Waals surface area contributed by atoms with Crippen molar-refractivity contribution in [3.8, 4) is 17.1 Å². The summed E-state index contributed by atoms with van der Waals surface area (Å²) in [7, 11) is -1.90. The largest absolute Gasteiger partial charge is 0.497 e. The quantitative estimate of drug-likeness (QED) is 0.548. The van der Waals surface area contributed by atoms with E-state index >= 15 is 0 Å². The maximum atomic E-state index is 12.7. The monoisotopic (exact) mass is 454 g/mol. The zero-order chi connectivity index (χ0) is 22.6. The molecule has 0 atom stereocenters. The number of carbonyl (C=O) groups excluding carboxylic acids is 1. The molecule has 7 nitrogen and oxygen atoms in total. The number of furan rings is 1. The number of hydrogen-bond donors (Lipinski definition) is 1. The highest BCUT2D eigenvalue weighted by atomic mass is 32.2. The molecule has 8 heteroatoms. The first-order valence-corrected chi connectivity index (χ1v) is 12.0. The molecule has 4 rings (SSSR count). The molecule has 0 saturated carbocycles. The Hall–Kier alpha value is -3.10. The van der Waals surface area contributed by atoms with Crippen molar-refractivity contribution < 1.29 is 22.4 Å². The fourth-order valence-electron chi connectivity index (χ4n) is 3.69. The number of nitrogens with one attached hydrogen (secondary N) is 1. The Morgan fingerprint density at radius 2 is 1.81 bits per heavy atom. The smallest absolute Gasteiger partial charge is 0.243 e. The third kappa shape index (κ3) is 5.03. The molecule has 1 aliphatic rings. The number of carbonyl (C=O) groups is 1. The minimum Gasteiger partial charge on any atom is -0.497 e. The van der Waals surface area contributed by atoms with Gasteiger partial charge in [0.2, 0.25) is 15.9 Å². The predicted molar refractivity (Wildman–Crippen MR) is 122 cm³/mol. The molecule has 1 aliphatic heterocycles. The Kier molecular flexibility index (Phi) is 6.62. The summed E-state index contributed by atoms with van der Waals surface area (Å²) in [4.78, 5) is 12.6. The Morgan fingerprint density at radius 1 is 1.06 bits per heavy atom. The fourth-order valence-corrected chi connectivity index (χ4v) is 5.26. The lowest BCUT2D eigenvalue weighted by Crippen LogP contribution is -2.27. The third-order valence-corrected chi connectivity index (χ3v) is 7.35. The van der Waals surface area contributed by atoms with E-state index in [-0.39, 0.29) is 17.2 Å². The fraction of sp³-hybridized carbons (Fsp3) is 0.292. The third-order valence-electron chi connectivity index (χ3n) is 5.46. The number of sulfonamides is 1. The molecule has 1 N–H and O–H groups in total. The van der Waals surface area contributed by atoms with Crippen LogP contribution < -0.4 is 10.1 Å². The van der Waals surface area contributed by atoms with Crippen molar-refractivity contribution in [3.63, 3.8) is 0 Å². The number of nitrogens with zero attached hydrogens (tertiary/aromatic N) is 1. The predicted octanol–water partition coefficient (Wildman–Crippen LogP) is 4.31. The van der Waals surface area contributed by atoms with Crippen LogP contribution in [-0.2, 0) is 21.2 Å². The summed E-state index contributed by atoms with van der Waals surface area (Å²) in [5.41, 5.74) is 1.39. The molecular weight excluding hydrogens is 428 g/mol. The topological polar surface area (TPSA) is 88.8 Å². The average molecular weight is 455 g/mol. The molecule has 0 unspecified atom stereocenters. The highest BCUT2D eigenvalue weighted by molar-refractivity contribution is 7.89. The highest BCUT2D eigenvalue weighted by Gasteiger charge is 2.27. The summed E-state index contributed by atoms with van der Waals surface area (Å²) < 4.78 is 38.0. The van der Waals surface area contributed by atoms with E-state index in [2.05, 4.69) is 5.32 Å². The van der Waals surface area contributed by atoms with Crippen LogP contribution in [0, 0.1) is 0 Å². The second-order valence-corrected chi connectivity index (χ2v) is 9.62. The van der Waals surface area contributed by atoms with Gasteiger partial charge < -0.3 is 14.5 Å². The van der Waals surface area contributed by atoms with E-state index in [4.69, 9.17) is 9.15 Å². The number of ether oxygens (including phenoxy) is 1. The van der Waals surface area contributed by atoms with Crippen LogP contribution in [0.25, 0.3) is 11.3 Å². The van der Waals surface area contributed by atoms with Crippen LogP contribution in [0.5, 0.6) is 5.75 Å². The van der Waals surface area contributed by atoms with Crippen molar-refractivity contribution in [2.75, 3.05) is 25.5 Å². The number of aryl methyl sites for hydroxylation is 1. The van der Waals surface area contributed by atoms with Crippen LogP contribution in [0.4, 0.5) is 5.69 Å². The van der Waals surface area contributed by atoms with Crippen LogP contribution in [0.1, 0.15) is 25.0 Å². The standard InChI is InChI=1S/C24H26N2O5S/c1-30-20-9-7-18(8-10-20)23-13-11-21(31-23)12-14-24(27)25-19-5-4-6-22(17-19)32(28,29)26-15-2-3-16-26/h4-11,13,17H,2-3,12,14-16H2,1H3,(H,25,27). The second-order valence-electron chi connectivity index (χ2n) is 7.68. The maximum absolute atomic E-state index is 12.7. The van der Waals surface area contributed by atoms with E-state index in [1.54, 1.807) is 25.3 Å². The molecule has 2 aromatic carbocycles. The summed E-state index contributed by atoms with van der Waals surface area (Å²) in [6.07, 6.45) is 2.41. The van der Waals surface area contributed by atoms with Gasteiger partial charge in [-0.25, -0.2) is 8.42 Å². The summed E-state index contributed by atoms with van der Waals surface area (Å²) in [5.74, 6) is 2.00. The number of anilines is 1. The van der Waals surface area contributed by atoms with Crippen molar-refractivity contribution in [2.45, 2.75) is 30.6 Å². The van der Waals surface area contributed by atoms with Gasteiger partial charge in [0.1, 0.15) is 17.3 Å². The molecule has 32 heavy (non-hydrogen) atoms. The highest BCUT2D eigenvalue weighted by Crippen LogP contribution is 2.26. The van der Waals surface area contributed by atoms with Crippen LogP contribution in [0.15, 0.2) is 70.0 Å². The van der Waals surface area contributed by atoms with Crippen LogP contribution in [0.3, 0.4) is 0 Å². The molecule has 168 valence electrons. The number of hydrogen-bond acceptors (Lipinski definition) is 5. The van der Waals surface area contributed by atoms with Gasteiger partial charge in [-0.15, -0.1) is 0 Å². The van der Waals surface area contributed by atoms with Gasteiger partial charge in [-0.3, -0.25) is 4.79 Å². The van der Waals surface area contributed by atoms with Gasteiger partial charge in [-0.2, -0.15) is 4.31 Å². The van der Waals surface area contributed by atoms with Gasteiger partial charge in [-0.05, 0) is 67.4 Å². The zero-order valence-corrected chi connectivity index (χ0v) is 18.7. The molecule has 0 bridgehead atoms. The maximum Gasteiger partial charge on any atom is 0.243 e. The molecule has 0 spiro atoms. The van der Waals surface area contributed by atoms with Crippen molar-refractivity contribution in [1.29, 1.82) is 0 Å². The lowest BCUT2D eigenvalue weighted by atomic mass is 10.2. The van der Waals surface area contributed by atoms with Crippen molar-refractivity contribution in [2.24, 2.45) is 0 Å². The Bertz CT molecular complexity index is 1180. The summed E-state index contributed by atoms with van der Waals surface area (Å²) >= 11 is 0. The molecule has 0 aliphatic carbocycles. The van der Waals surface area contributed by atoms with E-state index in [0.717, 1.165) is 29.9 Å². The van der Waals surface area contributed by atoms with Gasteiger partial charge in [0, 0.05) is 37.2 Å². The van der Waals surface area contributed by atoms with Crippen molar-refractivity contribution in [1.82, 2.24) is 4.31 Å². The van der Waals surface area contributed by atoms with Crippen molar-refractivity contribution >= 4 is 21.6 Å². The molecule has 1 fully saturated rings. The van der Waals surface area contributed by atoms with Gasteiger partial charge in [0.15, 0.2) is 0 Å². The van der Waals surface area contributed by atoms with Crippen LogP contribution >= 0.6 is 0 Å². The number of methoxy groups -OCH3 is 1. The molecule has 0 radical (unpaired) electrons. The zero-order valence-electron chi connectivity index (χ0n) is 17.9. The Morgan fingerprint density at radius 3 is 2.53 bits per heavy atom. The van der Waals surface area contributed by atoms with Gasteiger partial charge in [0.05, 0.1) is 12.0 Å². The van der Waals surface area contributed by atoms with E-state index in [9.17, 15) is 13.2 Å².